The first-order valence-electron chi connectivity index (χ1n) is 8.08. The van der Waals surface area contributed by atoms with Crippen molar-refractivity contribution in [3.05, 3.63) is 46.0 Å². The summed E-state index contributed by atoms with van der Waals surface area (Å²) in [6.07, 6.45) is 8.01. The number of allylic oxidation sites excluding steroid dienone is 2. The predicted molar refractivity (Wildman–Crippen MR) is 90.7 cm³/mol. The van der Waals surface area contributed by atoms with Crippen LogP contribution in [0.15, 0.2) is 35.5 Å². The van der Waals surface area contributed by atoms with Gasteiger partial charge in [-0.2, -0.15) is 10.1 Å². The van der Waals surface area contributed by atoms with Crippen LogP contribution in [0.5, 0.6) is 0 Å². The van der Waals surface area contributed by atoms with Gasteiger partial charge in [0.25, 0.3) is 11.8 Å². The third-order valence-corrected chi connectivity index (χ3v) is 6.67. The van der Waals surface area contributed by atoms with Crippen LogP contribution in [0.4, 0.5) is 0 Å². The molecule has 1 aromatic carbocycles. The number of amides is 2. The zero-order valence-corrected chi connectivity index (χ0v) is 14.2. The molecule has 5 rings (SSSR count). The molecule has 0 aromatic heterocycles. The molecule has 2 amide bonds. The summed E-state index contributed by atoms with van der Waals surface area (Å²) in [7, 11) is 0. The third kappa shape index (κ3) is 1.73. The number of benzene rings is 1. The molecule has 1 spiro atoms. The average Bonchev–Trinajstić information content (AvgIpc) is 3.15. The molecule has 2 saturated carbocycles. The van der Waals surface area contributed by atoms with E-state index in [1.165, 1.54) is 6.21 Å². The molecule has 4 aliphatic rings. The highest BCUT2D eigenvalue weighted by atomic mass is 35.5. The largest absolute Gasteiger partial charge is 0.272 e. The van der Waals surface area contributed by atoms with Crippen molar-refractivity contribution >= 4 is 41.2 Å². The van der Waals surface area contributed by atoms with Gasteiger partial charge in [0.05, 0.1) is 23.1 Å². The minimum Gasteiger partial charge on any atom is -0.272 e. The normalized spacial score (nSPS) is 34.8. The Bertz CT molecular complexity index is 809. The van der Waals surface area contributed by atoms with Crippen LogP contribution in [0.3, 0.4) is 0 Å². The first kappa shape index (κ1) is 14.7. The molecule has 1 heterocycles. The Morgan fingerprint density at radius 1 is 1.08 bits per heavy atom. The van der Waals surface area contributed by atoms with E-state index < -0.39 is 0 Å². The number of fused-ring (bicyclic) bond motifs is 3. The van der Waals surface area contributed by atoms with Crippen LogP contribution in [-0.4, -0.2) is 23.0 Å². The van der Waals surface area contributed by atoms with Gasteiger partial charge in [0.2, 0.25) is 0 Å². The summed E-state index contributed by atoms with van der Waals surface area (Å²) < 4.78 is 0. The maximum Gasteiger partial charge on any atom is 0.254 e. The molecule has 3 aliphatic carbocycles. The number of carbonyl (C=O) groups excluding carboxylic acids is 2. The van der Waals surface area contributed by atoms with E-state index in [0.29, 0.717) is 15.6 Å². The second-order valence-electron chi connectivity index (χ2n) is 7.12. The monoisotopic (exact) mass is 360 g/mol. The van der Waals surface area contributed by atoms with Crippen LogP contribution in [-0.2, 0) is 9.59 Å². The molecule has 1 aromatic rings. The Balaban J connectivity index is 1.44. The van der Waals surface area contributed by atoms with E-state index in [9.17, 15) is 9.59 Å². The van der Waals surface area contributed by atoms with Crippen molar-refractivity contribution in [3.8, 4) is 0 Å². The van der Waals surface area contributed by atoms with Gasteiger partial charge in [-0.3, -0.25) is 9.59 Å². The summed E-state index contributed by atoms with van der Waals surface area (Å²) in [5.74, 6) is -0.379. The fourth-order valence-electron chi connectivity index (χ4n) is 4.90. The molecule has 4 atom stereocenters. The summed E-state index contributed by atoms with van der Waals surface area (Å²) in [6, 6.07) is 5.01. The Morgan fingerprint density at radius 3 is 2.25 bits per heavy atom. The molecule has 0 radical (unpaired) electrons. The van der Waals surface area contributed by atoms with Crippen LogP contribution >= 0.6 is 23.2 Å². The van der Waals surface area contributed by atoms with Gasteiger partial charge < -0.3 is 0 Å². The molecule has 3 fully saturated rings. The predicted octanol–water partition coefficient (Wildman–Crippen LogP) is 3.52. The van der Waals surface area contributed by atoms with Gasteiger partial charge in [0, 0.05) is 10.6 Å². The topological polar surface area (TPSA) is 49.7 Å². The van der Waals surface area contributed by atoms with Crippen LogP contribution in [0.1, 0.15) is 18.4 Å². The third-order valence-electron chi connectivity index (χ3n) is 6.10. The highest BCUT2D eigenvalue weighted by Gasteiger charge is 2.73. The zero-order chi connectivity index (χ0) is 16.6. The number of hydrogen-bond donors (Lipinski definition) is 0. The Hall–Kier alpha value is -1.65. The van der Waals surface area contributed by atoms with Gasteiger partial charge in [-0.25, -0.2) is 0 Å². The standard InChI is InChI=1S/C18H14Cl2N2O2/c19-10-2-1-9(13(20)7-10)8-21-22-16(23)14-11-3-4-12(15(14)17(22)24)18(11)5-6-18/h1-4,7-8,11-12,14-15H,5-6H2/b21-8-/t11-,12-,14-,15+/m1/s1. The second-order valence-corrected chi connectivity index (χ2v) is 7.96. The summed E-state index contributed by atoms with van der Waals surface area (Å²) in [5.41, 5.74) is 0.828. The molecule has 0 unspecified atom stereocenters. The van der Waals surface area contributed by atoms with Gasteiger partial charge in [0.1, 0.15) is 0 Å². The fraction of sp³-hybridized carbons (Fsp3) is 0.389. The highest BCUT2D eigenvalue weighted by Crippen LogP contribution is 2.73. The quantitative estimate of drug-likeness (QED) is 0.460. The molecule has 0 N–H and O–H groups in total. The molecule has 4 nitrogen and oxygen atoms in total. The number of imide groups is 1. The fourth-order valence-corrected chi connectivity index (χ4v) is 5.36. The van der Waals surface area contributed by atoms with Gasteiger partial charge in [-0.05, 0) is 42.2 Å². The van der Waals surface area contributed by atoms with Gasteiger partial charge in [-0.15, -0.1) is 0 Å². The highest BCUT2D eigenvalue weighted by molar-refractivity contribution is 6.36. The van der Waals surface area contributed by atoms with E-state index in [1.807, 2.05) is 0 Å². The van der Waals surface area contributed by atoms with Crippen molar-refractivity contribution in [3.63, 3.8) is 0 Å². The first-order valence-corrected chi connectivity index (χ1v) is 8.84. The summed E-state index contributed by atoms with van der Waals surface area (Å²) in [5, 5.41) is 6.15. The molecule has 122 valence electrons. The number of hydrogen-bond acceptors (Lipinski definition) is 3. The van der Waals surface area contributed by atoms with Crippen LogP contribution in [0.2, 0.25) is 10.0 Å². The molecular weight excluding hydrogens is 347 g/mol. The zero-order valence-electron chi connectivity index (χ0n) is 12.7. The van der Waals surface area contributed by atoms with Crippen molar-refractivity contribution in [2.45, 2.75) is 12.8 Å². The van der Waals surface area contributed by atoms with E-state index in [4.69, 9.17) is 23.2 Å². The lowest BCUT2D eigenvalue weighted by Gasteiger charge is -2.18. The van der Waals surface area contributed by atoms with Crippen LogP contribution in [0, 0.1) is 29.1 Å². The van der Waals surface area contributed by atoms with E-state index in [-0.39, 0.29) is 40.9 Å². The molecule has 2 bridgehead atoms. The molecule has 1 aliphatic heterocycles. The number of rotatable bonds is 2. The molecule has 24 heavy (non-hydrogen) atoms. The second kappa shape index (κ2) is 4.70. The molecular formula is C18H14Cl2N2O2. The van der Waals surface area contributed by atoms with Crippen molar-refractivity contribution in [2.75, 3.05) is 0 Å². The average molecular weight is 361 g/mol. The van der Waals surface area contributed by atoms with Crippen molar-refractivity contribution in [1.29, 1.82) is 0 Å². The Labute approximate surface area is 149 Å². The first-order chi connectivity index (χ1) is 11.5. The van der Waals surface area contributed by atoms with E-state index in [2.05, 4.69) is 17.3 Å². The minimum absolute atomic E-state index is 0.172. The molecule has 6 heteroatoms. The number of halogens is 2. The Morgan fingerprint density at radius 2 is 1.71 bits per heavy atom. The number of nitrogens with zero attached hydrogens (tertiary/aromatic N) is 2. The maximum atomic E-state index is 12.8. The van der Waals surface area contributed by atoms with E-state index in [1.54, 1.807) is 18.2 Å². The van der Waals surface area contributed by atoms with E-state index in [0.717, 1.165) is 17.9 Å². The maximum absolute atomic E-state index is 12.8. The SMILES string of the molecule is O=C1[C@@H]2[C@H](C(=O)N1/N=C\c1ccc(Cl)cc1Cl)[C@H]1C=C[C@H]2C12CC2. The van der Waals surface area contributed by atoms with Crippen LogP contribution < -0.4 is 0 Å². The van der Waals surface area contributed by atoms with Crippen molar-refractivity contribution < 1.29 is 9.59 Å². The van der Waals surface area contributed by atoms with Gasteiger partial charge >= 0.3 is 0 Å². The summed E-state index contributed by atoms with van der Waals surface area (Å²) in [4.78, 5) is 25.5. The number of hydrazone groups is 1. The lowest BCUT2D eigenvalue weighted by Crippen LogP contribution is -2.30. The van der Waals surface area contributed by atoms with Gasteiger partial charge in [0.15, 0.2) is 0 Å². The lowest BCUT2D eigenvalue weighted by molar-refractivity contribution is -0.141. The van der Waals surface area contributed by atoms with E-state index >= 15 is 0 Å². The summed E-state index contributed by atoms with van der Waals surface area (Å²) >= 11 is 12.0. The lowest BCUT2D eigenvalue weighted by atomic mass is 9.85. The summed E-state index contributed by atoms with van der Waals surface area (Å²) in [6.45, 7) is 0. The van der Waals surface area contributed by atoms with Crippen molar-refractivity contribution in [2.24, 2.45) is 34.2 Å². The molecule has 1 saturated heterocycles. The smallest absolute Gasteiger partial charge is 0.254 e. The number of carbonyl (C=O) groups is 2. The van der Waals surface area contributed by atoms with Gasteiger partial charge in [-0.1, -0.05) is 41.4 Å². The Kier molecular flexibility index (Phi) is 2.88. The van der Waals surface area contributed by atoms with Crippen LogP contribution in [0.25, 0.3) is 0 Å². The van der Waals surface area contributed by atoms with Crippen molar-refractivity contribution in [1.82, 2.24) is 5.01 Å². The minimum atomic E-state index is -0.229.